The van der Waals surface area contributed by atoms with Crippen molar-refractivity contribution in [1.29, 1.82) is 0 Å². The molecule has 0 saturated carbocycles. The lowest BCUT2D eigenvalue weighted by molar-refractivity contribution is -0.137. The number of hydrogen-bond donors (Lipinski definition) is 1. The maximum Gasteiger partial charge on any atom is 0.416 e. The highest BCUT2D eigenvalue weighted by molar-refractivity contribution is 7.91. The van der Waals surface area contributed by atoms with Crippen molar-refractivity contribution in [2.45, 2.75) is 36.6 Å². The number of thiol groups is 1. The number of esters is 1. The van der Waals surface area contributed by atoms with Gasteiger partial charge in [0.25, 0.3) is 0 Å². The largest absolute Gasteiger partial charge is 0.591 e. The van der Waals surface area contributed by atoms with Crippen molar-refractivity contribution in [3.05, 3.63) is 53.1 Å². The van der Waals surface area contributed by atoms with E-state index >= 15 is 0 Å². The molecule has 0 radical (unpaired) electrons. The van der Waals surface area contributed by atoms with Gasteiger partial charge < -0.3 is 9.29 Å². The lowest BCUT2D eigenvalue weighted by Gasteiger charge is -2.18. The highest BCUT2D eigenvalue weighted by Crippen LogP contribution is 2.37. The van der Waals surface area contributed by atoms with Crippen molar-refractivity contribution in [2.75, 3.05) is 7.11 Å². The van der Waals surface area contributed by atoms with E-state index in [1.165, 1.54) is 25.5 Å². The van der Waals surface area contributed by atoms with Crippen LogP contribution in [0.4, 0.5) is 13.2 Å². The van der Waals surface area contributed by atoms with E-state index in [1.807, 2.05) is 0 Å². The third kappa shape index (κ3) is 5.55. The van der Waals surface area contributed by atoms with Gasteiger partial charge in [-0.05, 0) is 50.6 Å². The number of nitrogens with zero attached hydrogens (tertiary/aromatic N) is 1. The van der Waals surface area contributed by atoms with E-state index in [0.29, 0.717) is 4.90 Å². The molecule has 0 spiro atoms. The Morgan fingerprint density at radius 1 is 1.21 bits per heavy atom. The summed E-state index contributed by atoms with van der Waals surface area (Å²) in [4.78, 5) is 12.5. The van der Waals surface area contributed by atoms with Gasteiger partial charge in [0, 0.05) is 16.0 Å². The van der Waals surface area contributed by atoms with Crippen LogP contribution in [0.15, 0.2) is 45.7 Å². The summed E-state index contributed by atoms with van der Waals surface area (Å²) in [6.45, 7) is 5.19. The first-order chi connectivity index (χ1) is 13.4. The number of rotatable bonds is 4. The summed E-state index contributed by atoms with van der Waals surface area (Å²) in [5.74, 6) is -0.713. The number of alkyl halides is 3. The zero-order chi connectivity index (χ0) is 22.0. The second kappa shape index (κ2) is 8.81. The zero-order valence-corrected chi connectivity index (χ0v) is 17.9. The van der Waals surface area contributed by atoms with Crippen molar-refractivity contribution in [3.63, 3.8) is 0 Å². The highest BCUT2D eigenvalue weighted by Gasteiger charge is 2.32. The van der Waals surface area contributed by atoms with Gasteiger partial charge in [-0.3, -0.25) is 0 Å². The third-order valence-corrected chi connectivity index (χ3v) is 5.63. The van der Waals surface area contributed by atoms with Gasteiger partial charge in [-0.25, -0.2) is 4.79 Å². The fourth-order valence-electron chi connectivity index (χ4n) is 2.43. The van der Waals surface area contributed by atoms with Crippen LogP contribution in [-0.2, 0) is 22.3 Å². The van der Waals surface area contributed by atoms with Crippen LogP contribution in [0, 0.1) is 0 Å². The lowest BCUT2D eigenvalue weighted by Crippen LogP contribution is -2.25. The molecular formula is C20H20F3NO3S2. The average molecular weight is 444 g/mol. The number of ether oxygens (including phenoxy) is 1. The predicted octanol–water partition coefficient (Wildman–Crippen LogP) is 5.33. The Morgan fingerprint density at radius 3 is 2.41 bits per heavy atom. The van der Waals surface area contributed by atoms with Gasteiger partial charge >= 0.3 is 12.1 Å². The van der Waals surface area contributed by atoms with Crippen LogP contribution in [-0.4, -0.2) is 28.6 Å². The molecule has 0 amide bonds. The van der Waals surface area contributed by atoms with Crippen LogP contribution in [0.25, 0.3) is 11.1 Å². The van der Waals surface area contributed by atoms with Crippen LogP contribution >= 0.6 is 12.6 Å². The summed E-state index contributed by atoms with van der Waals surface area (Å²) in [5.41, 5.74) is -0.306. The highest BCUT2D eigenvalue weighted by atomic mass is 32.2. The van der Waals surface area contributed by atoms with Gasteiger partial charge in [0.1, 0.15) is 16.1 Å². The van der Waals surface area contributed by atoms with E-state index in [1.54, 1.807) is 32.9 Å². The fourth-order valence-corrected chi connectivity index (χ4v) is 3.28. The molecule has 1 atom stereocenters. The monoisotopic (exact) mass is 443 g/mol. The minimum Gasteiger partial charge on any atom is -0.591 e. The van der Waals surface area contributed by atoms with Gasteiger partial charge in [0.05, 0.1) is 24.5 Å². The van der Waals surface area contributed by atoms with Gasteiger partial charge in [-0.2, -0.15) is 13.2 Å². The van der Waals surface area contributed by atoms with E-state index in [-0.39, 0.29) is 22.3 Å². The molecule has 0 N–H and O–H groups in total. The van der Waals surface area contributed by atoms with Crippen LogP contribution in [0.5, 0.6) is 0 Å². The molecule has 29 heavy (non-hydrogen) atoms. The van der Waals surface area contributed by atoms with E-state index in [4.69, 9.17) is 4.74 Å². The molecular weight excluding hydrogens is 423 g/mol. The number of benzene rings is 2. The van der Waals surface area contributed by atoms with Gasteiger partial charge in [-0.15, -0.1) is 12.6 Å². The van der Waals surface area contributed by atoms with Crippen LogP contribution in [0.3, 0.4) is 0 Å². The van der Waals surface area contributed by atoms with Crippen molar-refractivity contribution in [3.8, 4) is 11.1 Å². The molecule has 0 heterocycles. The summed E-state index contributed by atoms with van der Waals surface area (Å²) < 4.78 is 60.3. The number of hydrogen-bond acceptors (Lipinski definition) is 5. The van der Waals surface area contributed by atoms with Crippen LogP contribution in [0.2, 0.25) is 0 Å². The first-order valence-electron chi connectivity index (χ1n) is 8.44. The predicted molar refractivity (Wildman–Crippen MR) is 111 cm³/mol. The summed E-state index contributed by atoms with van der Waals surface area (Å²) >= 11 is 2.72. The molecule has 0 aliphatic rings. The molecule has 9 heteroatoms. The Bertz CT molecular complexity index is 938. The maximum absolute atomic E-state index is 13.3. The summed E-state index contributed by atoms with van der Waals surface area (Å²) in [7, 11) is 1.18. The molecule has 1 unspecified atom stereocenters. The quantitative estimate of drug-likeness (QED) is 0.301. The minimum atomic E-state index is -4.59. The Labute approximate surface area is 175 Å². The third-order valence-electron chi connectivity index (χ3n) is 3.91. The maximum atomic E-state index is 13.3. The van der Waals surface area contributed by atoms with Crippen LogP contribution < -0.4 is 0 Å². The SMILES string of the molecule is COC(=O)c1cccc(S)c1-c1cc(C(F)(F)F)ccc1C=N[S+]([O-])C(C)(C)C. The fraction of sp³-hybridized carbons (Fsp3) is 0.300. The Balaban J connectivity index is 2.75. The molecule has 2 aromatic rings. The smallest absolute Gasteiger partial charge is 0.416 e. The summed E-state index contributed by atoms with van der Waals surface area (Å²) in [5, 5.41) is 0. The zero-order valence-electron chi connectivity index (χ0n) is 16.2. The average Bonchev–Trinajstić information content (AvgIpc) is 2.63. The van der Waals surface area contributed by atoms with Crippen molar-refractivity contribution < 1.29 is 27.3 Å². The van der Waals surface area contributed by atoms with Gasteiger partial charge in [-0.1, -0.05) is 16.5 Å². The number of halogens is 3. The Morgan fingerprint density at radius 2 is 1.86 bits per heavy atom. The molecule has 156 valence electrons. The second-order valence-electron chi connectivity index (χ2n) is 7.09. The van der Waals surface area contributed by atoms with Gasteiger partial charge in [0.15, 0.2) is 0 Å². The first-order valence-corrected chi connectivity index (χ1v) is 9.99. The molecule has 2 aromatic carbocycles. The molecule has 2 rings (SSSR count). The second-order valence-corrected chi connectivity index (χ2v) is 9.50. The van der Waals surface area contributed by atoms with Gasteiger partial charge in [0.2, 0.25) is 0 Å². The molecule has 0 saturated heterocycles. The van der Waals surface area contributed by atoms with E-state index in [9.17, 15) is 22.5 Å². The normalized spacial score (nSPS) is 13.6. The topological polar surface area (TPSA) is 61.7 Å². The van der Waals surface area contributed by atoms with E-state index < -0.39 is 33.8 Å². The minimum absolute atomic E-state index is 0.0610. The molecule has 0 aromatic heterocycles. The molecule has 4 nitrogen and oxygen atoms in total. The van der Waals surface area contributed by atoms with E-state index in [2.05, 4.69) is 17.0 Å². The lowest BCUT2D eigenvalue weighted by atomic mass is 9.93. The summed E-state index contributed by atoms with van der Waals surface area (Å²) in [6.07, 6.45) is -3.34. The molecule has 0 aliphatic heterocycles. The standard InChI is InChI=1S/C20H20F3NO3S2/c1-19(2,3)29(26)24-11-12-8-9-13(20(21,22)23)10-15(12)17-14(18(25)27-4)6-5-7-16(17)28/h5-11,28H,1-4H3. The summed E-state index contributed by atoms with van der Waals surface area (Å²) in [6, 6.07) is 7.60. The van der Waals surface area contributed by atoms with Crippen molar-refractivity contribution in [2.24, 2.45) is 4.40 Å². The Kier molecular flexibility index (Phi) is 7.08. The molecule has 0 aliphatic carbocycles. The Hall–Kier alpha value is -1.97. The molecule has 0 bridgehead atoms. The van der Waals surface area contributed by atoms with Crippen molar-refractivity contribution >= 4 is 36.2 Å². The first kappa shape index (κ1) is 23.3. The number of carbonyl (C=O) groups is 1. The molecule has 0 fully saturated rings. The van der Waals surface area contributed by atoms with Crippen LogP contribution in [0.1, 0.15) is 42.3 Å². The number of carbonyl (C=O) groups excluding carboxylic acids is 1. The van der Waals surface area contributed by atoms with Crippen molar-refractivity contribution in [1.82, 2.24) is 0 Å². The van der Waals surface area contributed by atoms with E-state index in [0.717, 1.165) is 12.1 Å². The number of methoxy groups -OCH3 is 1.